The zero-order valence-corrected chi connectivity index (χ0v) is 16.5. The summed E-state index contributed by atoms with van der Waals surface area (Å²) in [6, 6.07) is 14.1. The Balaban J connectivity index is 1.40. The second kappa shape index (κ2) is 10.3. The Morgan fingerprint density at radius 1 is 1.03 bits per heavy atom. The van der Waals surface area contributed by atoms with Gasteiger partial charge < -0.3 is 19.5 Å². The number of nitrogens with one attached hydrogen (secondary N) is 1. The third-order valence-corrected chi connectivity index (χ3v) is 4.09. The van der Waals surface area contributed by atoms with Gasteiger partial charge in [0.2, 0.25) is 5.91 Å². The van der Waals surface area contributed by atoms with Crippen molar-refractivity contribution < 1.29 is 19.0 Å². The van der Waals surface area contributed by atoms with E-state index in [0.717, 1.165) is 5.75 Å². The molecule has 0 aliphatic heterocycles. The smallest absolute Gasteiger partial charge is 0.242 e. The largest absolute Gasteiger partial charge is 0.497 e. The molecule has 10 heteroatoms. The summed E-state index contributed by atoms with van der Waals surface area (Å²) in [5.41, 5.74) is 0. The highest BCUT2D eigenvalue weighted by Gasteiger charge is 2.11. The summed E-state index contributed by atoms with van der Waals surface area (Å²) >= 11 is 5.84. The summed E-state index contributed by atoms with van der Waals surface area (Å²) in [4.78, 5) is 12.1. The molecule has 3 rings (SSSR count). The van der Waals surface area contributed by atoms with Crippen LogP contribution < -0.4 is 19.5 Å². The minimum Gasteiger partial charge on any atom is -0.497 e. The van der Waals surface area contributed by atoms with Crippen molar-refractivity contribution in [3.05, 3.63) is 59.4 Å². The number of aromatic nitrogens is 4. The van der Waals surface area contributed by atoms with Gasteiger partial charge in [0.25, 0.3) is 0 Å². The van der Waals surface area contributed by atoms with Crippen molar-refractivity contribution in [1.82, 2.24) is 25.5 Å². The maximum Gasteiger partial charge on any atom is 0.242 e. The molecular formula is C19H20ClN5O4. The summed E-state index contributed by atoms with van der Waals surface area (Å²) in [6.07, 6.45) is 0. The molecule has 0 aliphatic carbocycles. The lowest BCUT2D eigenvalue weighted by molar-refractivity contribution is -0.122. The predicted octanol–water partition coefficient (Wildman–Crippen LogP) is 2.11. The lowest BCUT2D eigenvalue weighted by Gasteiger charge is -2.09. The first-order chi connectivity index (χ1) is 14.1. The van der Waals surface area contributed by atoms with Gasteiger partial charge in [0.05, 0.1) is 13.7 Å². The van der Waals surface area contributed by atoms with Crippen molar-refractivity contribution in [2.75, 3.05) is 20.3 Å². The third kappa shape index (κ3) is 6.35. The Morgan fingerprint density at radius 2 is 1.69 bits per heavy atom. The van der Waals surface area contributed by atoms with Crippen molar-refractivity contribution in [3.8, 4) is 17.2 Å². The topological polar surface area (TPSA) is 100 Å². The second-order valence-corrected chi connectivity index (χ2v) is 6.31. The van der Waals surface area contributed by atoms with Gasteiger partial charge in [-0.1, -0.05) is 11.6 Å². The molecule has 0 saturated carbocycles. The molecule has 0 unspecified atom stereocenters. The van der Waals surface area contributed by atoms with E-state index < -0.39 is 0 Å². The molecule has 1 N–H and O–H groups in total. The van der Waals surface area contributed by atoms with Crippen LogP contribution in [0.3, 0.4) is 0 Å². The highest BCUT2D eigenvalue weighted by atomic mass is 35.5. The molecular weight excluding hydrogens is 398 g/mol. The van der Waals surface area contributed by atoms with Gasteiger partial charge in [0.15, 0.2) is 5.82 Å². The molecule has 9 nitrogen and oxygen atoms in total. The highest BCUT2D eigenvalue weighted by molar-refractivity contribution is 6.30. The number of carbonyl (C=O) groups is 1. The van der Waals surface area contributed by atoms with Crippen molar-refractivity contribution in [3.63, 3.8) is 0 Å². The van der Waals surface area contributed by atoms with Crippen molar-refractivity contribution in [2.24, 2.45) is 0 Å². The van der Waals surface area contributed by atoms with Crippen LogP contribution in [0.2, 0.25) is 5.02 Å². The van der Waals surface area contributed by atoms with Crippen LogP contribution in [0.25, 0.3) is 0 Å². The molecule has 0 aliphatic rings. The van der Waals surface area contributed by atoms with Crippen LogP contribution in [0.15, 0.2) is 48.5 Å². The molecule has 152 valence electrons. The Bertz CT molecular complexity index is 915. The van der Waals surface area contributed by atoms with E-state index in [1.54, 1.807) is 55.6 Å². The molecule has 0 fully saturated rings. The van der Waals surface area contributed by atoms with E-state index in [1.165, 1.54) is 4.68 Å². The van der Waals surface area contributed by atoms with Gasteiger partial charge in [-0.05, 0) is 59.0 Å². The molecule has 1 amide bonds. The van der Waals surface area contributed by atoms with E-state index in [-0.39, 0.29) is 19.1 Å². The average molecular weight is 418 g/mol. The number of amides is 1. The normalized spacial score (nSPS) is 10.4. The Hall–Kier alpha value is -3.33. The Labute approximate surface area is 172 Å². The van der Waals surface area contributed by atoms with Gasteiger partial charge in [-0.15, -0.1) is 5.10 Å². The minimum absolute atomic E-state index is 0.0190. The first kappa shape index (κ1) is 20.4. The van der Waals surface area contributed by atoms with Crippen LogP contribution in [0.4, 0.5) is 0 Å². The lowest BCUT2D eigenvalue weighted by Crippen LogP contribution is -2.32. The molecule has 0 radical (unpaired) electrons. The molecule has 2 aromatic carbocycles. The van der Waals surface area contributed by atoms with Crippen LogP contribution in [-0.4, -0.2) is 46.4 Å². The van der Waals surface area contributed by atoms with Gasteiger partial charge in [-0.3, -0.25) is 4.79 Å². The molecule has 0 bridgehead atoms. The van der Waals surface area contributed by atoms with Crippen molar-refractivity contribution in [1.29, 1.82) is 0 Å². The van der Waals surface area contributed by atoms with E-state index in [2.05, 4.69) is 20.8 Å². The second-order valence-electron chi connectivity index (χ2n) is 5.87. The summed E-state index contributed by atoms with van der Waals surface area (Å²) in [5.74, 6) is 2.28. The third-order valence-electron chi connectivity index (χ3n) is 3.83. The minimum atomic E-state index is -0.233. The van der Waals surface area contributed by atoms with Gasteiger partial charge in [-0.25, -0.2) is 4.68 Å². The van der Waals surface area contributed by atoms with E-state index in [9.17, 15) is 4.79 Å². The number of hydrogen-bond acceptors (Lipinski definition) is 7. The molecule has 3 aromatic rings. The number of ether oxygens (including phenoxy) is 3. The SMILES string of the molecule is COc1ccc(OCCNC(=O)Cn2nnnc2COc2ccc(Cl)cc2)cc1. The monoisotopic (exact) mass is 417 g/mol. The molecule has 0 saturated heterocycles. The average Bonchev–Trinajstić information content (AvgIpc) is 3.18. The summed E-state index contributed by atoms with van der Waals surface area (Å²) in [5, 5.41) is 14.7. The predicted molar refractivity (Wildman–Crippen MR) is 105 cm³/mol. The standard InChI is InChI=1S/C19H20ClN5O4/c1-27-15-6-8-16(9-7-15)28-11-10-21-19(26)12-25-18(22-23-24-25)13-29-17-4-2-14(20)3-5-17/h2-9H,10-13H2,1H3,(H,21,26). The Kier molecular flexibility index (Phi) is 7.23. The van der Waals surface area contributed by atoms with Gasteiger partial charge >= 0.3 is 0 Å². The summed E-state index contributed by atoms with van der Waals surface area (Å²) < 4.78 is 17.6. The van der Waals surface area contributed by atoms with E-state index in [0.29, 0.717) is 35.5 Å². The number of benzene rings is 2. The number of halogens is 1. The maximum atomic E-state index is 12.1. The fourth-order valence-corrected chi connectivity index (χ4v) is 2.48. The number of hydrogen-bond donors (Lipinski definition) is 1. The zero-order valence-electron chi connectivity index (χ0n) is 15.7. The van der Waals surface area contributed by atoms with E-state index >= 15 is 0 Å². The molecule has 1 aromatic heterocycles. The lowest BCUT2D eigenvalue weighted by atomic mass is 10.3. The van der Waals surface area contributed by atoms with Gasteiger partial charge in [-0.2, -0.15) is 0 Å². The van der Waals surface area contributed by atoms with Crippen LogP contribution in [0.5, 0.6) is 17.2 Å². The van der Waals surface area contributed by atoms with Crippen LogP contribution >= 0.6 is 11.6 Å². The first-order valence-electron chi connectivity index (χ1n) is 8.81. The summed E-state index contributed by atoms with van der Waals surface area (Å²) in [6.45, 7) is 0.793. The molecule has 0 atom stereocenters. The van der Waals surface area contributed by atoms with Gasteiger partial charge in [0.1, 0.15) is 37.0 Å². The van der Waals surface area contributed by atoms with E-state index in [4.69, 9.17) is 25.8 Å². The fraction of sp³-hybridized carbons (Fsp3) is 0.263. The van der Waals surface area contributed by atoms with Crippen LogP contribution in [0.1, 0.15) is 5.82 Å². The van der Waals surface area contributed by atoms with Crippen LogP contribution in [0, 0.1) is 0 Å². The molecule has 1 heterocycles. The summed E-state index contributed by atoms with van der Waals surface area (Å²) in [7, 11) is 1.60. The number of rotatable bonds is 10. The molecule has 29 heavy (non-hydrogen) atoms. The Morgan fingerprint density at radius 3 is 2.41 bits per heavy atom. The number of nitrogens with zero attached hydrogens (tertiary/aromatic N) is 4. The van der Waals surface area contributed by atoms with E-state index in [1.807, 2.05) is 0 Å². The van der Waals surface area contributed by atoms with Gasteiger partial charge in [0, 0.05) is 5.02 Å². The van der Waals surface area contributed by atoms with Crippen molar-refractivity contribution in [2.45, 2.75) is 13.2 Å². The van der Waals surface area contributed by atoms with Crippen LogP contribution in [-0.2, 0) is 17.9 Å². The fourth-order valence-electron chi connectivity index (χ4n) is 2.35. The molecule has 0 spiro atoms. The maximum absolute atomic E-state index is 12.1. The zero-order chi connectivity index (χ0) is 20.5. The highest BCUT2D eigenvalue weighted by Crippen LogP contribution is 2.17. The number of methoxy groups -OCH3 is 1. The first-order valence-corrected chi connectivity index (χ1v) is 9.19. The number of carbonyl (C=O) groups excluding carboxylic acids is 1. The number of tetrazole rings is 1. The quantitative estimate of drug-likeness (QED) is 0.504. The van der Waals surface area contributed by atoms with Crippen molar-refractivity contribution >= 4 is 17.5 Å².